The van der Waals surface area contributed by atoms with E-state index in [0.717, 1.165) is 59.9 Å². The van der Waals surface area contributed by atoms with Crippen LogP contribution in [0.25, 0.3) is 251 Å². The van der Waals surface area contributed by atoms with Gasteiger partial charge in [-0.05, 0) is 252 Å². The van der Waals surface area contributed by atoms with E-state index in [-0.39, 0.29) is 108 Å². The second kappa shape index (κ2) is 28.5. The van der Waals surface area contributed by atoms with Crippen molar-refractivity contribution in [3.05, 3.63) is 436 Å². The molecule has 0 aliphatic carbocycles. The minimum absolute atomic E-state index is 0.162. The van der Waals surface area contributed by atoms with Crippen LogP contribution in [0.4, 0.5) is 0 Å². The molecule has 562 valence electrons. The Morgan fingerprint density at radius 2 is 0.521 bits per heavy atom. The van der Waals surface area contributed by atoms with E-state index in [4.69, 9.17) is 50.3 Å². The maximum absolute atomic E-state index is 9.55. The molecule has 3 aromatic heterocycles. The molecule has 0 bridgehead atoms. The Kier molecular flexibility index (Phi) is 9.36. The third-order valence-electron chi connectivity index (χ3n) is 22.1. The number of hydrogen-bond acceptors (Lipinski definition) is 3. The van der Waals surface area contributed by atoms with Crippen LogP contribution in [0.3, 0.4) is 0 Å². The van der Waals surface area contributed by atoms with Crippen molar-refractivity contribution in [1.29, 1.82) is 0 Å². The summed E-state index contributed by atoms with van der Waals surface area (Å²) in [5, 5.41) is 6.45. The van der Waals surface area contributed by atoms with E-state index in [1.165, 1.54) is 0 Å². The number of furan rings is 3. The molecule has 0 N–H and O–H groups in total. The summed E-state index contributed by atoms with van der Waals surface area (Å²) in [5.74, 6) is 0. The van der Waals surface area contributed by atoms with Gasteiger partial charge in [-0.1, -0.05) is 369 Å². The summed E-state index contributed by atoms with van der Waals surface area (Å²) in [4.78, 5) is 0. The van der Waals surface area contributed by atoms with Crippen molar-refractivity contribution in [3.8, 4) is 77.9 Å². The molecular formula is C118H72O3. The summed E-state index contributed by atoms with van der Waals surface area (Å²) in [6, 6.07) is 31.1. The Hall–Kier alpha value is -15.9. The van der Waals surface area contributed by atoms with Crippen LogP contribution in [-0.2, 0) is 0 Å². The lowest BCUT2D eigenvalue weighted by molar-refractivity contribution is 0.669. The van der Waals surface area contributed by atoms with Crippen molar-refractivity contribution in [3.63, 3.8) is 0 Å². The van der Waals surface area contributed by atoms with Gasteiger partial charge in [0.05, 0.1) is 56.2 Å². The molecule has 0 fully saturated rings. The Bertz CT molecular complexity index is 11100. The minimum atomic E-state index is -1.06. The highest BCUT2D eigenvalue weighted by Crippen LogP contribution is 2.51. The van der Waals surface area contributed by atoms with Crippen LogP contribution in [0.5, 0.6) is 0 Å². The zero-order valence-corrected chi connectivity index (χ0v) is 62.6. The average molecular weight is 1580 g/mol. The summed E-state index contributed by atoms with van der Waals surface area (Å²) in [6.07, 6.45) is 0. The Balaban J connectivity index is 0.000000130. The SMILES string of the molecule is [2H]c1c([2H])c([2H])c2c(-c3ccc4oc5cc6ccccc6cc5c4c3)c3c([2H])c([2H])c([2H])c([2H])c3c(-c3ccccc3)c2c1[2H].[2H]c1c([2H])c([2H])c2c(-c3cccc4ccccc34)c3c([2H])c([2H])c([2H])c([2H])c3c(-c3ccc4oc5cc6ccccc6cc5c4c3)c2c1[2H].[2H]c1cc2oc3c([2H])c4c(-c5c([2H])c([2H])c(-c6c7c([2H])c([2H])c([2H])c([2H])c7c(-c7c([2H])c([2H])c([2H])c([2H])c7[2H])c7c([2H])c([2H])c([2H])c([2H])c67)c([2H])c5[2H])c([2H])c([2H])c([2H])c4c([2H])c3c2c([2H])c1[2H]. The van der Waals surface area contributed by atoms with Crippen molar-refractivity contribution in [2.24, 2.45) is 0 Å². The van der Waals surface area contributed by atoms with E-state index in [1.54, 1.807) is 42.5 Å². The quantitative estimate of drug-likeness (QED) is 0.149. The Morgan fingerprint density at radius 3 is 1.02 bits per heavy atom. The molecule has 0 saturated carbocycles. The van der Waals surface area contributed by atoms with Gasteiger partial charge in [0, 0.05) is 32.3 Å². The monoisotopic (exact) mass is 1580 g/mol. The van der Waals surface area contributed by atoms with Gasteiger partial charge in [-0.25, -0.2) is 0 Å². The molecule has 121 heavy (non-hydrogen) atoms. The van der Waals surface area contributed by atoms with E-state index in [0.29, 0.717) is 66.8 Å². The molecule has 0 radical (unpaired) electrons. The molecule has 23 aromatic carbocycles. The van der Waals surface area contributed by atoms with Gasteiger partial charge in [-0.3, -0.25) is 0 Å². The molecule has 3 heterocycles. The lowest BCUT2D eigenvalue weighted by Crippen LogP contribution is -1.91. The van der Waals surface area contributed by atoms with Crippen LogP contribution in [0.15, 0.2) is 449 Å². The first-order valence-electron chi connectivity index (χ1n) is 58.7. The van der Waals surface area contributed by atoms with Crippen LogP contribution in [0.2, 0.25) is 0 Å². The molecule has 26 aromatic rings. The molecule has 3 heteroatoms. The van der Waals surface area contributed by atoms with Crippen LogP contribution in [0, 0.1) is 0 Å². The molecular weight excluding hydrogens is 1470 g/mol. The fourth-order valence-electron chi connectivity index (χ4n) is 16.9. The van der Waals surface area contributed by atoms with Gasteiger partial charge in [0.1, 0.15) is 33.5 Å². The number of para-hydroxylation sites is 1. The predicted molar refractivity (Wildman–Crippen MR) is 514 cm³/mol. The fraction of sp³-hybridized carbons (Fsp3) is 0. The summed E-state index contributed by atoms with van der Waals surface area (Å²) in [6.45, 7) is 0. The second-order valence-corrected chi connectivity index (χ2v) is 28.7. The maximum Gasteiger partial charge on any atom is 0.136 e. The van der Waals surface area contributed by atoms with Crippen LogP contribution in [-0.4, -0.2) is 0 Å². The van der Waals surface area contributed by atoms with E-state index < -0.39 is 271 Å². The molecule has 26 rings (SSSR count). The lowest BCUT2D eigenvalue weighted by atomic mass is 9.84. The molecule has 0 saturated heterocycles. The first-order valence-corrected chi connectivity index (χ1v) is 38.2. The lowest BCUT2D eigenvalue weighted by Gasteiger charge is -2.18. The van der Waals surface area contributed by atoms with Crippen molar-refractivity contribution < 1.29 is 69.5 Å². The van der Waals surface area contributed by atoms with Gasteiger partial charge in [-0.2, -0.15) is 0 Å². The molecule has 0 spiro atoms. The highest BCUT2D eigenvalue weighted by Gasteiger charge is 2.24. The molecule has 0 aliphatic rings. The van der Waals surface area contributed by atoms with Crippen molar-refractivity contribution >= 4 is 174 Å². The van der Waals surface area contributed by atoms with Gasteiger partial charge < -0.3 is 13.3 Å². The summed E-state index contributed by atoms with van der Waals surface area (Å²) < 4.78 is 384. The number of rotatable bonds is 7. The molecule has 0 unspecified atom stereocenters. The number of benzene rings is 23. The number of fused-ring (bicyclic) bond motifs is 19. The number of hydrogen-bond donors (Lipinski definition) is 0. The topological polar surface area (TPSA) is 39.4 Å². The zero-order valence-electron chi connectivity index (χ0n) is 104. The first kappa shape index (κ1) is 39.8. The normalized spacial score (nSPS) is 16.5. The van der Waals surface area contributed by atoms with Gasteiger partial charge in [0.25, 0.3) is 0 Å². The molecule has 3 nitrogen and oxygen atoms in total. The predicted octanol–water partition coefficient (Wildman–Crippen LogP) is 34.0. The van der Waals surface area contributed by atoms with Crippen LogP contribution < -0.4 is 0 Å². The van der Waals surface area contributed by atoms with E-state index in [9.17, 15) is 19.2 Å². The fourth-order valence-corrected chi connectivity index (χ4v) is 16.9. The highest BCUT2D eigenvalue weighted by atomic mass is 16.3. The highest BCUT2D eigenvalue weighted by molar-refractivity contribution is 6.27. The second-order valence-electron chi connectivity index (χ2n) is 28.7. The smallest absolute Gasteiger partial charge is 0.136 e. The standard InChI is InChI=1S/C42H26O.C40H24O.C36H22O/c1-2-11-28(12-3-1)41-33-15-4-6-17-35(33)42(36-18-7-5-16-34(36)41)29-23-21-27(22-24-29)31-19-10-13-30-25-38-32-14-8-9-20-39(32)43-40(38)26-37(30)31;1-2-12-27-24-38-36(22-26(27)11-1)35-23-28(20-21-37(35)41-38)39-31-15-5-7-17-33(31)40(34-18-8-6-16-32(34)39)30-19-9-13-25-10-3-4-14-29(25)30;1-2-10-23(11-3-1)35-27-14-6-8-16-29(27)36(30-17-9-7-15-28(30)35)26-18-19-33-31(21-26)32-20-24-12-4-5-13-25(24)22-34(32)37-33/h1-26H;1-24H;1-22H/i1D,2D,3D,4D,5D,6D,7D,8D,9D,10D,11D,12D,13D,14D,15D,16D,17D,18D,19D,21D,22D,23D,24D,25D,26D;5D,6D,7D,8D,15D,16D,17D,18D;6D,7D,8D,9D,14D,15D,16D,17D. The van der Waals surface area contributed by atoms with E-state index in [2.05, 4.69) is 6.07 Å². The first-order chi connectivity index (χ1) is 77.1. The van der Waals surface area contributed by atoms with Gasteiger partial charge >= 0.3 is 0 Å². The van der Waals surface area contributed by atoms with Crippen molar-refractivity contribution in [2.45, 2.75) is 0 Å². The molecule has 0 aliphatic heterocycles. The van der Waals surface area contributed by atoms with Crippen LogP contribution >= 0.6 is 0 Å². The van der Waals surface area contributed by atoms with Crippen molar-refractivity contribution in [2.75, 3.05) is 0 Å². The van der Waals surface area contributed by atoms with Gasteiger partial charge in [0.15, 0.2) is 0 Å². The third-order valence-corrected chi connectivity index (χ3v) is 22.1. The summed E-state index contributed by atoms with van der Waals surface area (Å²) >= 11 is 0. The maximum atomic E-state index is 9.55. The van der Waals surface area contributed by atoms with Crippen LogP contribution in [0.1, 0.15) is 56.2 Å². The summed E-state index contributed by atoms with van der Waals surface area (Å²) in [5.41, 5.74) is 1.26. The third kappa shape index (κ3) is 11.6. The van der Waals surface area contributed by atoms with Gasteiger partial charge in [0.2, 0.25) is 0 Å². The summed E-state index contributed by atoms with van der Waals surface area (Å²) in [7, 11) is 0. The molecule has 0 amide bonds. The average Bonchev–Trinajstić information content (AvgIpc) is 0.851. The Morgan fingerprint density at radius 1 is 0.149 bits per heavy atom. The Labute approximate surface area is 754 Å². The van der Waals surface area contributed by atoms with E-state index in [1.807, 2.05) is 133 Å². The van der Waals surface area contributed by atoms with E-state index >= 15 is 0 Å². The van der Waals surface area contributed by atoms with Crippen molar-refractivity contribution in [1.82, 2.24) is 0 Å². The molecule has 0 atom stereocenters. The van der Waals surface area contributed by atoms with Gasteiger partial charge in [-0.15, -0.1) is 0 Å². The minimum Gasteiger partial charge on any atom is -0.456 e. The zero-order chi connectivity index (χ0) is 115. The largest absolute Gasteiger partial charge is 0.456 e.